The van der Waals surface area contributed by atoms with Crippen molar-refractivity contribution in [2.24, 2.45) is 11.8 Å². The lowest BCUT2D eigenvalue weighted by molar-refractivity contribution is -0.131. The van der Waals surface area contributed by atoms with Crippen molar-refractivity contribution >= 4 is 40.4 Å². The molecular weight excluding hydrogens is 566 g/mol. The number of benzene rings is 2. The van der Waals surface area contributed by atoms with E-state index >= 15 is 0 Å². The van der Waals surface area contributed by atoms with Crippen LogP contribution in [0.25, 0.3) is 10.9 Å². The Labute approximate surface area is 254 Å². The molecule has 230 valence electrons. The third-order valence-electron chi connectivity index (χ3n) is 7.42. The fourth-order valence-corrected chi connectivity index (χ4v) is 5.14. The van der Waals surface area contributed by atoms with Gasteiger partial charge in [0.25, 0.3) is 5.91 Å². The highest BCUT2D eigenvalue weighted by molar-refractivity contribution is 6.02. The number of nitrogens with zero attached hydrogens (tertiary/aromatic N) is 1. The van der Waals surface area contributed by atoms with Crippen LogP contribution in [0.2, 0.25) is 0 Å². The van der Waals surface area contributed by atoms with Gasteiger partial charge in [-0.15, -0.1) is 0 Å². The van der Waals surface area contributed by atoms with Crippen LogP contribution in [-0.4, -0.2) is 66.8 Å². The maximum atomic E-state index is 13.6. The number of carbonyl (C=O) groups is 5. The number of amides is 3. The number of fused-ring (bicyclic) bond motifs is 1. The molecule has 4 rings (SSSR count). The number of esters is 1. The molecule has 1 aliphatic rings. The van der Waals surface area contributed by atoms with Crippen LogP contribution >= 0.6 is 0 Å². The van der Waals surface area contributed by atoms with Crippen LogP contribution in [0.4, 0.5) is 0 Å². The molecule has 2 heterocycles. The number of H-pyrrole nitrogens is 1. The van der Waals surface area contributed by atoms with Gasteiger partial charge < -0.3 is 30.4 Å². The molecule has 4 N–H and O–H groups in total. The Morgan fingerprint density at radius 1 is 1.07 bits per heavy atom. The van der Waals surface area contributed by atoms with E-state index in [1.54, 1.807) is 36.4 Å². The highest BCUT2D eigenvalue weighted by Crippen LogP contribution is 2.26. The first kappa shape index (κ1) is 31.7. The molecule has 44 heavy (non-hydrogen) atoms. The van der Waals surface area contributed by atoms with Gasteiger partial charge in [-0.25, -0.2) is 4.79 Å². The quantitative estimate of drug-likeness (QED) is 0.216. The van der Waals surface area contributed by atoms with Crippen LogP contribution in [0, 0.1) is 23.2 Å². The summed E-state index contributed by atoms with van der Waals surface area (Å²) in [5, 5.41) is 18.2. The Morgan fingerprint density at radius 2 is 1.84 bits per heavy atom. The number of nitriles is 1. The molecule has 12 heteroatoms. The molecule has 0 saturated carbocycles. The van der Waals surface area contributed by atoms with E-state index in [0.29, 0.717) is 29.6 Å². The number of rotatable bonds is 13. The molecule has 1 aromatic heterocycles. The third kappa shape index (κ3) is 7.60. The van der Waals surface area contributed by atoms with Crippen molar-refractivity contribution in [1.82, 2.24) is 20.9 Å². The molecule has 3 aromatic rings. The zero-order valence-electron chi connectivity index (χ0n) is 24.8. The minimum absolute atomic E-state index is 0.00442. The smallest absolute Gasteiger partial charge is 0.339 e. The van der Waals surface area contributed by atoms with Gasteiger partial charge in [0.2, 0.25) is 11.8 Å². The molecule has 3 amide bonds. The van der Waals surface area contributed by atoms with Gasteiger partial charge in [-0.2, -0.15) is 5.26 Å². The normalized spacial score (nSPS) is 15.6. The monoisotopic (exact) mass is 601 g/mol. The largest absolute Gasteiger partial charge is 0.496 e. The summed E-state index contributed by atoms with van der Waals surface area (Å²) < 4.78 is 10.6. The average Bonchev–Trinajstić information content (AvgIpc) is 3.64. The van der Waals surface area contributed by atoms with Crippen LogP contribution in [-0.2, 0) is 19.1 Å². The minimum atomic E-state index is -1.17. The molecule has 2 aromatic carbocycles. The number of aromatic amines is 1. The van der Waals surface area contributed by atoms with E-state index in [9.17, 15) is 29.2 Å². The van der Waals surface area contributed by atoms with Gasteiger partial charge in [-0.3, -0.25) is 19.2 Å². The van der Waals surface area contributed by atoms with Crippen LogP contribution in [0.5, 0.6) is 5.75 Å². The van der Waals surface area contributed by atoms with Crippen molar-refractivity contribution < 1.29 is 33.4 Å². The molecule has 12 nitrogen and oxygen atoms in total. The fourth-order valence-electron chi connectivity index (χ4n) is 5.14. The van der Waals surface area contributed by atoms with Crippen LogP contribution in [0.3, 0.4) is 0 Å². The van der Waals surface area contributed by atoms with Crippen LogP contribution < -0.4 is 20.7 Å². The lowest BCUT2D eigenvalue weighted by Crippen LogP contribution is -2.53. The second-order valence-corrected chi connectivity index (χ2v) is 11.0. The molecule has 0 spiro atoms. The fraction of sp³-hybridized carbons (Fsp3) is 0.375. The van der Waals surface area contributed by atoms with E-state index in [4.69, 9.17) is 9.47 Å². The van der Waals surface area contributed by atoms with Gasteiger partial charge in [0.15, 0.2) is 12.4 Å². The van der Waals surface area contributed by atoms with Gasteiger partial charge in [-0.05, 0) is 55.5 Å². The number of nitrogens with one attached hydrogen (secondary N) is 4. The van der Waals surface area contributed by atoms with Gasteiger partial charge in [0.1, 0.15) is 23.6 Å². The zero-order valence-corrected chi connectivity index (χ0v) is 24.8. The van der Waals surface area contributed by atoms with Gasteiger partial charge in [0.05, 0.1) is 24.3 Å². The van der Waals surface area contributed by atoms with Gasteiger partial charge in [0, 0.05) is 23.4 Å². The standard InChI is InChI=1S/C32H35N5O7/c1-18(2)13-25(37-31(41)26-15-22-23(35-26)9-6-10-28(22)43-3)30(40)36-24(14-19-11-12-34-29(19)39)27(38)17-44-32(42)21-8-5-4-7-20(21)16-33/h4-10,15,18-19,24-25,35H,11-14,17H2,1-3H3,(H,34,39)(H,36,40)(H,37,41). The minimum Gasteiger partial charge on any atom is -0.496 e. The van der Waals surface area contributed by atoms with E-state index in [-0.39, 0.29) is 41.5 Å². The number of methoxy groups -OCH3 is 1. The second kappa shape index (κ2) is 14.3. The number of Topliss-reactive ketones (excluding diaryl/α,β-unsaturated/α-hetero) is 1. The molecule has 1 fully saturated rings. The Hall–Kier alpha value is -5.18. The predicted octanol–water partition coefficient (Wildman–Crippen LogP) is 2.63. The number of ketones is 1. The maximum absolute atomic E-state index is 13.6. The number of hydrogen-bond donors (Lipinski definition) is 4. The van der Waals surface area contributed by atoms with Crippen molar-refractivity contribution in [3.8, 4) is 11.8 Å². The first-order chi connectivity index (χ1) is 21.1. The van der Waals surface area contributed by atoms with E-state index in [2.05, 4.69) is 20.9 Å². The van der Waals surface area contributed by atoms with Gasteiger partial charge in [-0.1, -0.05) is 32.0 Å². The topological polar surface area (TPSA) is 179 Å². The third-order valence-corrected chi connectivity index (χ3v) is 7.42. The second-order valence-electron chi connectivity index (χ2n) is 11.0. The summed E-state index contributed by atoms with van der Waals surface area (Å²) in [5.41, 5.74) is 1.02. The zero-order chi connectivity index (χ0) is 31.8. The number of ether oxygens (including phenoxy) is 2. The van der Waals surface area contributed by atoms with Crippen LogP contribution in [0.15, 0.2) is 48.5 Å². The van der Waals surface area contributed by atoms with E-state index < -0.39 is 48.2 Å². The summed E-state index contributed by atoms with van der Waals surface area (Å²) in [6.45, 7) is 3.55. The Bertz CT molecular complexity index is 1610. The molecule has 3 unspecified atom stereocenters. The SMILES string of the molecule is COc1cccc2[nH]c(C(=O)NC(CC(C)C)C(=O)NC(CC3CCNC3=O)C(=O)COC(=O)c3ccccc3C#N)cc12. The first-order valence-electron chi connectivity index (χ1n) is 14.3. The number of aromatic nitrogens is 1. The summed E-state index contributed by atoms with van der Waals surface area (Å²) in [6, 6.07) is 12.8. The van der Waals surface area contributed by atoms with Gasteiger partial charge >= 0.3 is 5.97 Å². The maximum Gasteiger partial charge on any atom is 0.339 e. The van der Waals surface area contributed by atoms with Crippen molar-refractivity contribution in [1.29, 1.82) is 5.26 Å². The summed E-state index contributed by atoms with van der Waals surface area (Å²) in [6.07, 6.45) is 0.739. The summed E-state index contributed by atoms with van der Waals surface area (Å²) in [7, 11) is 1.53. The lowest BCUT2D eigenvalue weighted by atomic mass is 9.95. The van der Waals surface area contributed by atoms with E-state index in [0.717, 1.165) is 0 Å². The van der Waals surface area contributed by atoms with Crippen molar-refractivity contribution in [3.05, 3.63) is 65.4 Å². The van der Waals surface area contributed by atoms with Crippen LogP contribution in [0.1, 0.15) is 59.5 Å². The highest BCUT2D eigenvalue weighted by atomic mass is 16.5. The summed E-state index contributed by atoms with van der Waals surface area (Å²) in [4.78, 5) is 68.1. The molecule has 1 saturated heterocycles. The van der Waals surface area contributed by atoms with Crippen molar-refractivity contribution in [3.63, 3.8) is 0 Å². The van der Waals surface area contributed by atoms with Crippen molar-refractivity contribution in [2.75, 3.05) is 20.3 Å². The lowest BCUT2D eigenvalue weighted by Gasteiger charge is -2.25. The molecule has 0 bridgehead atoms. The average molecular weight is 602 g/mol. The Morgan fingerprint density at radius 3 is 2.52 bits per heavy atom. The highest BCUT2D eigenvalue weighted by Gasteiger charge is 2.34. The summed E-state index contributed by atoms with van der Waals surface area (Å²) in [5.74, 6) is -2.80. The molecule has 0 aliphatic carbocycles. The Kier molecular flexibility index (Phi) is 10.3. The van der Waals surface area contributed by atoms with E-state index in [1.165, 1.54) is 19.2 Å². The molecular formula is C32H35N5O7. The predicted molar refractivity (Wildman–Crippen MR) is 160 cm³/mol. The van der Waals surface area contributed by atoms with Crippen molar-refractivity contribution in [2.45, 2.75) is 45.2 Å². The molecule has 1 aliphatic heterocycles. The molecule has 0 radical (unpaired) electrons. The Balaban J connectivity index is 1.49. The number of carbonyl (C=O) groups excluding carboxylic acids is 5. The molecule has 3 atom stereocenters. The number of hydrogen-bond acceptors (Lipinski definition) is 8. The first-order valence-corrected chi connectivity index (χ1v) is 14.3. The summed E-state index contributed by atoms with van der Waals surface area (Å²) >= 11 is 0. The van der Waals surface area contributed by atoms with E-state index in [1.807, 2.05) is 19.9 Å².